The first-order valence-electron chi connectivity index (χ1n) is 8.99. The van der Waals surface area contributed by atoms with Crippen LogP contribution in [0.3, 0.4) is 0 Å². The highest BCUT2D eigenvalue weighted by Gasteiger charge is 2.39. The summed E-state index contributed by atoms with van der Waals surface area (Å²) >= 11 is 0. The van der Waals surface area contributed by atoms with E-state index in [1.807, 2.05) is 0 Å². The monoisotopic (exact) mass is 354 g/mol. The standard InChI is InChI=1S/C18H27O3PS/c19-23(20,21)18-13-7-12-17(14-18)22(15-8-3-1-4-9-15)16-10-5-2-6-11-16/h7,12-16H,1-6,8-11H2,(H,19,20,21). The minimum Gasteiger partial charge on any atom is -0.744 e. The van der Waals surface area contributed by atoms with Crippen molar-refractivity contribution in [3.05, 3.63) is 24.3 Å². The minimum atomic E-state index is -4.35. The summed E-state index contributed by atoms with van der Waals surface area (Å²) in [5, 5.41) is 1.19. The van der Waals surface area contributed by atoms with E-state index in [9.17, 15) is 13.0 Å². The van der Waals surface area contributed by atoms with Gasteiger partial charge in [0.1, 0.15) is 10.1 Å². The van der Waals surface area contributed by atoms with Gasteiger partial charge < -0.3 is 4.55 Å². The van der Waals surface area contributed by atoms with Gasteiger partial charge in [0.15, 0.2) is 0 Å². The summed E-state index contributed by atoms with van der Waals surface area (Å²) in [5.41, 5.74) is 1.50. The topological polar surface area (TPSA) is 57.2 Å². The molecule has 2 aliphatic rings. The van der Waals surface area contributed by atoms with Crippen molar-refractivity contribution >= 4 is 23.3 Å². The van der Waals surface area contributed by atoms with Crippen molar-refractivity contribution in [2.45, 2.75) is 80.4 Å². The van der Waals surface area contributed by atoms with Crippen molar-refractivity contribution in [3.63, 3.8) is 0 Å². The van der Waals surface area contributed by atoms with E-state index in [0.29, 0.717) is 0 Å². The Kier molecular flexibility index (Phi) is 5.77. The highest BCUT2D eigenvalue weighted by atomic mass is 32.2. The van der Waals surface area contributed by atoms with Gasteiger partial charge in [-0.2, -0.15) is 0 Å². The van der Waals surface area contributed by atoms with E-state index in [-0.39, 0.29) is 4.90 Å². The third kappa shape index (κ3) is 4.35. The lowest BCUT2D eigenvalue weighted by molar-refractivity contribution is 0.463. The molecular formula is C18H27O3PS. The van der Waals surface area contributed by atoms with Gasteiger partial charge in [-0.15, -0.1) is 0 Å². The van der Waals surface area contributed by atoms with Crippen molar-refractivity contribution in [3.8, 4) is 0 Å². The highest BCUT2D eigenvalue weighted by Crippen LogP contribution is 2.54. The second-order valence-electron chi connectivity index (χ2n) is 7.11. The van der Waals surface area contributed by atoms with Gasteiger partial charge in [0.2, 0.25) is 0 Å². The van der Waals surface area contributed by atoms with Crippen LogP contribution in [0, 0.1) is 0 Å². The van der Waals surface area contributed by atoms with Crippen molar-refractivity contribution in [2.24, 2.45) is 0 Å². The summed E-state index contributed by atoms with van der Waals surface area (Å²) in [6.07, 6.45) is 13.1. The molecule has 3 nitrogen and oxygen atoms in total. The van der Waals surface area contributed by atoms with E-state index in [4.69, 9.17) is 0 Å². The quantitative estimate of drug-likeness (QED) is 0.604. The van der Waals surface area contributed by atoms with Gasteiger partial charge in [-0.1, -0.05) is 18.9 Å². The van der Waals surface area contributed by atoms with Crippen LogP contribution >= 0.6 is 7.92 Å². The van der Waals surface area contributed by atoms with Crippen LogP contribution in [0.2, 0.25) is 0 Å². The van der Waals surface area contributed by atoms with Gasteiger partial charge >= 0.3 is 0 Å². The average Bonchev–Trinajstić information content (AvgIpc) is 2.57. The Morgan fingerprint density at radius 2 is 1.39 bits per heavy atom. The third-order valence-electron chi connectivity index (χ3n) is 5.55. The van der Waals surface area contributed by atoms with Crippen LogP contribution in [0.4, 0.5) is 0 Å². The van der Waals surface area contributed by atoms with Crippen molar-refractivity contribution in [1.82, 2.24) is 0 Å². The number of hydrogen-bond donors (Lipinski definition) is 0. The minimum absolute atomic E-state index is 0.0379. The van der Waals surface area contributed by atoms with Crippen LogP contribution in [0.15, 0.2) is 29.2 Å². The largest absolute Gasteiger partial charge is 0.744 e. The molecule has 1 aromatic rings. The highest BCUT2D eigenvalue weighted by molar-refractivity contribution is 7.85. The molecule has 0 N–H and O–H groups in total. The molecule has 2 saturated carbocycles. The fourth-order valence-electron chi connectivity index (χ4n) is 4.46. The Morgan fingerprint density at radius 1 is 0.870 bits per heavy atom. The van der Waals surface area contributed by atoms with E-state index in [1.165, 1.54) is 75.6 Å². The molecule has 2 fully saturated rings. The predicted octanol–water partition coefficient (Wildman–Crippen LogP) is 4.10. The summed E-state index contributed by atoms with van der Waals surface area (Å²) in [4.78, 5) is -0.0379. The zero-order valence-corrected chi connectivity index (χ0v) is 15.5. The molecular weight excluding hydrogens is 327 g/mol. The molecule has 3 rings (SSSR count). The van der Waals surface area contributed by atoms with Gasteiger partial charge in [0, 0.05) is 7.92 Å². The SMILES string of the molecule is O=S(=O)([O-])c1cccc([PH+](C2CCCCC2)C2CCCCC2)c1. The van der Waals surface area contributed by atoms with Crippen LogP contribution in [0.25, 0.3) is 0 Å². The maximum absolute atomic E-state index is 11.4. The second kappa shape index (κ2) is 7.63. The van der Waals surface area contributed by atoms with Gasteiger partial charge in [-0.25, -0.2) is 8.42 Å². The van der Waals surface area contributed by atoms with E-state index in [1.54, 1.807) is 12.1 Å². The number of rotatable bonds is 4. The third-order valence-corrected chi connectivity index (χ3v) is 10.3. The zero-order valence-electron chi connectivity index (χ0n) is 13.7. The van der Waals surface area contributed by atoms with Crippen molar-refractivity contribution in [1.29, 1.82) is 0 Å². The van der Waals surface area contributed by atoms with Crippen LogP contribution in [0.5, 0.6) is 0 Å². The lowest BCUT2D eigenvalue weighted by Crippen LogP contribution is -2.26. The molecule has 0 spiro atoms. The first kappa shape index (κ1) is 17.4. The fourth-order valence-corrected chi connectivity index (χ4v) is 9.37. The Labute approximate surface area is 141 Å². The lowest BCUT2D eigenvalue weighted by atomic mass is 9.99. The van der Waals surface area contributed by atoms with Crippen LogP contribution < -0.4 is 5.30 Å². The van der Waals surface area contributed by atoms with E-state index >= 15 is 0 Å². The van der Waals surface area contributed by atoms with Crippen LogP contribution in [-0.4, -0.2) is 24.3 Å². The Morgan fingerprint density at radius 3 is 1.87 bits per heavy atom. The summed E-state index contributed by atoms with van der Waals surface area (Å²) in [7, 11) is -5.16. The van der Waals surface area contributed by atoms with Crippen molar-refractivity contribution in [2.75, 3.05) is 0 Å². The summed E-state index contributed by atoms with van der Waals surface area (Å²) < 4.78 is 34.2. The van der Waals surface area contributed by atoms with Gasteiger partial charge in [-0.3, -0.25) is 0 Å². The molecule has 0 radical (unpaired) electrons. The Hall–Kier alpha value is -0.440. The number of benzene rings is 1. The van der Waals surface area contributed by atoms with Gasteiger partial charge in [0.05, 0.1) is 21.5 Å². The molecule has 0 aromatic heterocycles. The molecule has 0 aliphatic heterocycles. The fraction of sp³-hybridized carbons (Fsp3) is 0.667. The molecule has 0 saturated heterocycles. The predicted molar refractivity (Wildman–Crippen MR) is 96.1 cm³/mol. The van der Waals surface area contributed by atoms with E-state index in [2.05, 4.69) is 6.07 Å². The maximum Gasteiger partial charge on any atom is 0.124 e. The van der Waals surface area contributed by atoms with E-state index < -0.39 is 18.0 Å². The van der Waals surface area contributed by atoms with Crippen molar-refractivity contribution < 1.29 is 13.0 Å². The molecule has 0 atom stereocenters. The molecule has 0 heterocycles. The second-order valence-corrected chi connectivity index (χ2v) is 11.6. The molecule has 23 heavy (non-hydrogen) atoms. The number of hydrogen-bond acceptors (Lipinski definition) is 3. The Balaban J connectivity index is 1.93. The lowest BCUT2D eigenvalue weighted by Gasteiger charge is -2.32. The molecule has 5 heteroatoms. The molecule has 0 unspecified atom stereocenters. The zero-order chi connectivity index (χ0) is 16.3. The van der Waals surface area contributed by atoms with Gasteiger partial charge in [0.25, 0.3) is 0 Å². The molecule has 2 aliphatic carbocycles. The molecule has 128 valence electrons. The summed E-state index contributed by atoms with van der Waals surface area (Å²) in [6, 6.07) is 7.02. The summed E-state index contributed by atoms with van der Waals surface area (Å²) in [5.74, 6) is 0. The van der Waals surface area contributed by atoms with Gasteiger partial charge in [-0.05, 0) is 69.6 Å². The Bertz CT molecular complexity index is 599. The molecule has 1 aromatic carbocycles. The molecule has 0 bridgehead atoms. The average molecular weight is 354 g/mol. The first-order valence-corrected chi connectivity index (χ1v) is 12.0. The molecule has 0 amide bonds. The first-order chi connectivity index (χ1) is 11.1. The van der Waals surface area contributed by atoms with E-state index in [0.717, 1.165) is 11.3 Å². The van der Waals surface area contributed by atoms with Crippen LogP contribution in [-0.2, 0) is 10.1 Å². The summed E-state index contributed by atoms with van der Waals surface area (Å²) in [6.45, 7) is 0. The van der Waals surface area contributed by atoms with Crippen LogP contribution in [0.1, 0.15) is 64.2 Å². The maximum atomic E-state index is 11.4. The smallest absolute Gasteiger partial charge is 0.124 e. The normalized spacial score (nSPS) is 21.7.